The normalized spacial score (nSPS) is 16.4. The molecule has 0 bridgehead atoms. The van der Waals surface area contributed by atoms with Crippen molar-refractivity contribution in [3.8, 4) is 11.5 Å². The molecule has 1 unspecified atom stereocenters. The number of carboxylic acids is 1. The summed E-state index contributed by atoms with van der Waals surface area (Å²) in [6.45, 7) is 5.17. The van der Waals surface area contributed by atoms with E-state index in [1.807, 2.05) is 62.5 Å². The smallest absolute Gasteiger partial charge is 0.371 e. The highest BCUT2D eigenvalue weighted by Gasteiger charge is 2.23. The highest BCUT2D eigenvalue weighted by molar-refractivity contribution is 5.94. The Morgan fingerprint density at radius 3 is 2.55 bits per heavy atom. The Morgan fingerprint density at radius 1 is 1.17 bits per heavy atom. The number of carboxylic acid groups (broad SMARTS) is 1. The molecule has 6 heteroatoms. The van der Waals surface area contributed by atoms with Crippen LogP contribution in [-0.2, 0) is 9.53 Å². The van der Waals surface area contributed by atoms with Crippen molar-refractivity contribution in [2.24, 2.45) is 0 Å². The second-order valence-electron chi connectivity index (χ2n) is 6.82. The zero-order chi connectivity index (χ0) is 20.8. The van der Waals surface area contributed by atoms with Crippen LogP contribution < -0.4 is 14.4 Å². The summed E-state index contributed by atoms with van der Waals surface area (Å²) >= 11 is 0. The van der Waals surface area contributed by atoms with Crippen LogP contribution in [0.5, 0.6) is 11.5 Å². The van der Waals surface area contributed by atoms with E-state index in [1.165, 1.54) is 0 Å². The Balaban J connectivity index is 1.67. The van der Waals surface area contributed by atoms with Crippen LogP contribution in [0.15, 0.2) is 54.3 Å². The number of ether oxygens (including phenoxy) is 3. The fourth-order valence-electron chi connectivity index (χ4n) is 3.44. The quantitative estimate of drug-likeness (QED) is 0.532. The maximum atomic E-state index is 11.5. The Morgan fingerprint density at radius 2 is 1.90 bits per heavy atom. The van der Waals surface area contributed by atoms with Gasteiger partial charge in [0.2, 0.25) is 5.76 Å². The van der Waals surface area contributed by atoms with Crippen molar-refractivity contribution in [2.45, 2.75) is 26.4 Å². The number of benzene rings is 2. The van der Waals surface area contributed by atoms with E-state index < -0.39 is 5.97 Å². The van der Waals surface area contributed by atoms with Crippen molar-refractivity contribution in [1.29, 1.82) is 0 Å². The Labute approximate surface area is 171 Å². The fraction of sp³-hybridized carbons (Fsp3) is 0.348. The van der Waals surface area contributed by atoms with Crippen LogP contribution in [0, 0.1) is 0 Å². The molecule has 1 aliphatic heterocycles. The van der Waals surface area contributed by atoms with Gasteiger partial charge in [0.25, 0.3) is 0 Å². The maximum Gasteiger partial charge on any atom is 0.371 e. The van der Waals surface area contributed by atoms with E-state index in [0.29, 0.717) is 31.0 Å². The van der Waals surface area contributed by atoms with E-state index in [2.05, 4.69) is 4.90 Å². The lowest BCUT2D eigenvalue weighted by Crippen LogP contribution is -2.41. The predicted molar refractivity (Wildman–Crippen MR) is 113 cm³/mol. The van der Waals surface area contributed by atoms with E-state index in [0.717, 1.165) is 23.5 Å². The molecule has 0 saturated heterocycles. The lowest BCUT2D eigenvalue weighted by atomic mass is 10.0. The highest BCUT2D eigenvalue weighted by Crippen LogP contribution is 2.32. The van der Waals surface area contributed by atoms with Crippen molar-refractivity contribution < 1.29 is 24.1 Å². The second kappa shape index (κ2) is 9.37. The first kappa shape index (κ1) is 20.6. The minimum Gasteiger partial charge on any atom is -0.490 e. The molecule has 3 rings (SSSR count). The minimum atomic E-state index is -1.05. The fourth-order valence-corrected chi connectivity index (χ4v) is 3.44. The summed E-state index contributed by atoms with van der Waals surface area (Å²) in [5.74, 6) is 0.520. The first-order valence-corrected chi connectivity index (χ1v) is 9.82. The second-order valence-corrected chi connectivity index (χ2v) is 6.82. The summed E-state index contributed by atoms with van der Waals surface area (Å²) in [5.41, 5.74) is 2.56. The van der Waals surface area contributed by atoms with Crippen LogP contribution in [0.3, 0.4) is 0 Å². The first-order chi connectivity index (χ1) is 14.0. The molecule has 1 aliphatic rings. The van der Waals surface area contributed by atoms with Crippen molar-refractivity contribution in [2.75, 3.05) is 31.7 Å². The number of nitrogens with zero attached hydrogens (tertiary/aromatic N) is 1. The molecule has 0 spiro atoms. The molecule has 0 saturated carbocycles. The molecule has 29 heavy (non-hydrogen) atoms. The molecular formula is C23H27NO5. The molecular weight excluding hydrogens is 370 g/mol. The van der Waals surface area contributed by atoms with Crippen LogP contribution in [-0.4, -0.2) is 44.0 Å². The third kappa shape index (κ3) is 4.83. The van der Waals surface area contributed by atoms with Crippen LogP contribution in [0.4, 0.5) is 5.69 Å². The molecule has 0 aromatic heterocycles. The number of hydrogen-bond donors (Lipinski definition) is 1. The molecule has 2 aromatic carbocycles. The molecule has 1 N–H and O–H groups in total. The van der Waals surface area contributed by atoms with Crippen LogP contribution in [0.25, 0.3) is 5.57 Å². The van der Waals surface area contributed by atoms with E-state index in [-0.39, 0.29) is 11.9 Å². The number of likely N-dealkylation sites (N-methyl/N-ethyl adjacent to an activating group) is 1. The van der Waals surface area contributed by atoms with Gasteiger partial charge in [-0.15, -0.1) is 0 Å². The van der Waals surface area contributed by atoms with Crippen LogP contribution >= 0.6 is 0 Å². The molecule has 0 aliphatic carbocycles. The SMILES string of the molecule is CCOC(C(=O)O)=C(CC)c1ccc(OCC2CN(C)c3ccccc3O2)cc1. The van der Waals surface area contributed by atoms with Gasteiger partial charge >= 0.3 is 5.97 Å². The molecule has 0 fully saturated rings. The van der Waals surface area contributed by atoms with Crippen molar-refractivity contribution in [3.63, 3.8) is 0 Å². The Hall–Kier alpha value is -3.15. The molecule has 6 nitrogen and oxygen atoms in total. The van der Waals surface area contributed by atoms with Gasteiger partial charge in [-0.25, -0.2) is 4.79 Å². The average Bonchev–Trinajstić information content (AvgIpc) is 2.73. The number of carbonyl (C=O) groups is 1. The molecule has 154 valence electrons. The predicted octanol–water partition coefficient (Wildman–Crippen LogP) is 4.21. The number of anilines is 1. The highest BCUT2D eigenvalue weighted by atomic mass is 16.5. The zero-order valence-electron chi connectivity index (χ0n) is 17.1. The van der Waals surface area contributed by atoms with E-state index in [1.54, 1.807) is 6.92 Å². The van der Waals surface area contributed by atoms with Gasteiger partial charge in [-0.2, -0.15) is 0 Å². The lowest BCUT2D eigenvalue weighted by molar-refractivity contribution is -0.136. The molecule has 0 radical (unpaired) electrons. The number of fused-ring (bicyclic) bond motifs is 1. The average molecular weight is 397 g/mol. The van der Waals surface area contributed by atoms with Crippen molar-refractivity contribution in [3.05, 3.63) is 59.9 Å². The van der Waals surface area contributed by atoms with Gasteiger partial charge in [0, 0.05) is 12.6 Å². The standard InChI is InChI=1S/C23H27NO5/c1-4-19(22(23(25)26)27-5-2)16-10-12-17(13-11-16)28-15-18-14-24(3)20-8-6-7-9-21(20)29-18/h6-13,18H,4-5,14-15H2,1-3H3,(H,25,26). The molecule has 1 atom stereocenters. The minimum absolute atomic E-state index is 0.000904. The summed E-state index contributed by atoms with van der Waals surface area (Å²) in [7, 11) is 2.04. The number of rotatable bonds is 8. The van der Waals surface area contributed by atoms with Crippen LogP contribution in [0.1, 0.15) is 25.8 Å². The zero-order valence-corrected chi connectivity index (χ0v) is 17.1. The third-order valence-electron chi connectivity index (χ3n) is 4.80. The summed E-state index contributed by atoms with van der Waals surface area (Å²) in [4.78, 5) is 13.7. The van der Waals surface area contributed by atoms with Gasteiger partial charge in [0.05, 0.1) is 18.8 Å². The Kier molecular flexibility index (Phi) is 6.65. The van der Waals surface area contributed by atoms with E-state index in [4.69, 9.17) is 14.2 Å². The van der Waals surface area contributed by atoms with Crippen molar-refractivity contribution >= 4 is 17.2 Å². The Bertz CT molecular complexity index is 875. The van der Waals surface area contributed by atoms with Gasteiger partial charge in [-0.05, 0) is 43.2 Å². The molecule has 0 amide bonds. The maximum absolute atomic E-state index is 11.5. The number of aliphatic carboxylic acids is 1. The molecule has 2 aromatic rings. The number of para-hydroxylation sites is 2. The third-order valence-corrected chi connectivity index (χ3v) is 4.80. The topological polar surface area (TPSA) is 68.2 Å². The number of allylic oxidation sites excluding steroid dienone is 1. The van der Waals surface area contributed by atoms with E-state index >= 15 is 0 Å². The lowest BCUT2D eigenvalue weighted by Gasteiger charge is -2.33. The summed E-state index contributed by atoms with van der Waals surface area (Å²) in [6, 6.07) is 15.4. The van der Waals surface area contributed by atoms with Gasteiger partial charge in [-0.3, -0.25) is 0 Å². The van der Waals surface area contributed by atoms with Gasteiger partial charge < -0.3 is 24.2 Å². The van der Waals surface area contributed by atoms with Gasteiger partial charge in [0.15, 0.2) is 0 Å². The molecule has 1 heterocycles. The van der Waals surface area contributed by atoms with E-state index in [9.17, 15) is 9.90 Å². The summed E-state index contributed by atoms with van der Waals surface area (Å²) < 4.78 is 17.3. The first-order valence-electron chi connectivity index (χ1n) is 9.82. The van der Waals surface area contributed by atoms with Crippen LogP contribution in [0.2, 0.25) is 0 Å². The monoisotopic (exact) mass is 397 g/mol. The van der Waals surface area contributed by atoms with Gasteiger partial charge in [-0.1, -0.05) is 31.2 Å². The summed E-state index contributed by atoms with van der Waals surface area (Å²) in [5, 5.41) is 9.42. The largest absolute Gasteiger partial charge is 0.490 e. The summed E-state index contributed by atoms with van der Waals surface area (Å²) in [6.07, 6.45) is 0.487. The number of hydrogen-bond acceptors (Lipinski definition) is 5. The van der Waals surface area contributed by atoms with Gasteiger partial charge in [0.1, 0.15) is 24.2 Å². The van der Waals surface area contributed by atoms with Crippen molar-refractivity contribution in [1.82, 2.24) is 0 Å².